The van der Waals surface area contributed by atoms with Crippen LogP contribution in [-0.4, -0.2) is 13.1 Å². The molecule has 0 spiro atoms. The van der Waals surface area contributed by atoms with Crippen molar-refractivity contribution in [1.29, 1.82) is 0 Å². The normalized spacial score (nSPS) is 11.2. The van der Waals surface area contributed by atoms with E-state index in [9.17, 15) is 4.39 Å². The first kappa shape index (κ1) is 15.1. The SMILES string of the molecule is NCCNc1ccc(N=Nc2ccc(F)cc2)c2ccccc12. The van der Waals surface area contributed by atoms with Crippen molar-refractivity contribution in [3.8, 4) is 0 Å². The molecule has 3 aromatic carbocycles. The van der Waals surface area contributed by atoms with Crippen LogP contribution in [0.4, 0.5) is 21.5 Å². The molecule has 0 aliphatic rings. The van der Waals surface area contributed by atoms with Crippen molar-refractivity contribution in [3.05, 3.63) is 66.5 Å². The van der Waals surface area contributed by atoms with Crippen LogP contribution in [0.1, 0.15) is 0 Å². The monoisotopic (exact) mass is 308 g/mol. The second-order valence-electron chi connectivity index (χ2n) is 5.07. The summed E-state index contributed by atoms with van der Waals surface area (Å²) in [6.07, 6.45) is 0. The Kier molecular flexibility index (Phi) is 4.59. The largest absolute Gasteiger partial charge is 0.383 e. The number of nitrogens with one attached hydrogen (secondary N) is 1. The highest BCUT2D eigenvalue weighted by Gasteiger charge is 2.05. The highest BCUT2D eigenvalue weighted by Crippen LogP contribution is 2.32. The van der Waals surface area contributed by atoms with Gasteiger partial charge in [-0.2, -0.15) is 5.11 Å². The molecule has 0 unspecified atom stereocenters. The minimum absolute atomic E-state index is 0.287. The summed E-state index contributed by atoms with van der Waals surface area (Å²) in [4.78, 5) is 0. The van der Waals surface area contributed by atoms with Crippen LogP contribution >= 0.6 is 0 Å². The molecule has 0 aliphatic heterocycles. The molecule has 0 saturated carbocycles. The molecule has 0 saturated heterocycles. The van der Waals surface area contributed by atoms with Crippen LogP contribution in [-0.2, 0) is 0 Å². The minimum Gasteiger partial charge on any atom is -0.383 e. The number of hydrogen-bond acceptors (Lipinski definition) is 4. The zero-order valence-electron chi connectivity index (χ0n) is 12.5. The van der Waals surface area contributed by atoms with E-state index in [-0.39, 0.29) is 5.82 Å². The van der Waals surface area contributed by atoms with Gasteiger partial charge in [-0.25, -0.2) is 4.39 Å². The van der Waals surface area contributed by atoms with Crippen molar-refractivity contribution in [2.75, 3.05) is 18.4 Å². The van der Waals surface area contributed by atoms with Gasteiger partial charge in [-0.3, -0.25) is 0 Å². The van der Waals surface area contributed by atoms with Crippen molar-refractivity contribution in [1.82, 2.24) is 0 Å². The number of hydrogen-bond donors (Lipinski definition) is 2. The third-order valence-electron chi connectivity index (χ3n) is 3.46. The molecule has 0 aromatic heterocycles. The van der Waals surface area contributed by atoms with E-state index < -0.39 is 0 Å². The zero-order chi connectivity index (χ0) is 16.1. The van der Waals surface area contributed by atoms with Crippen LogP contribution in [0.2, 0.25) is 0 Å². The van der Waals surface area contributed by atoms with Gasteiger partial charge in [0.25, 0.3) is 0 Å². The van der Waals surface area contributed by atoms with Crippen molar-refractivity contribution in [2.45, 2.75) is 0 Å². The van der Waals surface area contributed by atoms with Gasteiger partial charge in [0.15, 0.2) is 0 Å². The first-order valence-electron chi connectivity index (χ1n) is 7.41. The van der Waals surface area contributed by atoms with Gasteiger partial charge in [0.2, 0.25) is 0 Å². The highest BCUT2D eigenvalue weighted by molar-refractivity contribution is 6.00. The summed E-state index contributed by atoms with van der Waals surface area (Å²) in [6.45, 7) is 1.28. The predicted octanol–water partition coefficient (Wildman–Crippen LogP) is 4.76. The molecular formula is C18H17FN4. The highest BCUT2D eigenvalue weighted by atomic mass is 19.1. The molecule has 0 aliphatic carbocycles. The first-order valence-corrected chi connectivity index (χ1v) is 7.41. The van der Waals surface area contributed by atoms with Crippen LogP contribution in [0.5, 0.6) is 0 Å². The second-order valence-corrected chi connectivity index (χ2v) is 5.07. The molecule has 3 N–H and O–H groups in total. The Morgan fingerprint density at radius 1 is 0.870 bits per heavy atom. The lowest BCUT2D eigenvalue weighted by Gasteiger charge is -2.10. The zero-order valence-corrected chi connectivity index (χ0v) is 12.5. The first-order chi connectivity index (χ1) is 11.3. The van der Waals surface area contributed by atoms with E-state index in [4.69, 9.17) is 5.73 Å². The number of benzene rings is 3. The van der Waals surface area contributed by atoms with E-state index in [1.807, 2.05) is 36.4 Å². The molecule has 5 heteroatoms. The number of anilines is 1. The van der Waals surface area contributed by atoms with Crippen molar-refractivity contribution in [3.63, 3.8) is 0 Å². The Morgan fingerprint density at radius 2 is 1.61 bits per heavy atom. The number of nitrogens with two attached hydrogens (primary N) is 1. The van der Waals surface area contributed by atoms with E-state index in [1.165, 1.54) is 12.1 Å². The maximum Gasteiger partial charge on any atom is 0.123 e. The fourth-order valence-corrected chi connectivity index (χ4v) is 2.35. The molecule has 0 heterocycles. The number of nitrogens with zero attached hydrogens (tertiary/aromatic N) is 2. The van der Waals surface area contributed by atoms with Gasteiger partial charge in [0.1, 0.15) is 5.82 Å². The summed E-state index contributed by atoms with van der Waals surface area (Å²) >= 11 is 0. The Bertz CT molecular complexity index is 828. The van der Waals surface area contributed by atoms with Gasteiger partial charge < -0.3 is 11.1 Å². The summed E-state index contributed by atoms with van der Waals surface area (Å²) in [5.74, 6) is -0.287. The van der Waals surface area contributed by atoms with Crippen LogP contribution in [0.3, 0.4) is 0 Å². The maximum absolute atomic E-state index is 12.9. The van der Waals surface area contributed by atoms with Gasteiger partial charge >= 0.3 is 0 Å². The Hall–Kier alpha value is -2.79. The quantitative estimate of drug-likeness (QED) is 0.667. The molecular weight excluding hydrogens is 291 g/mol. The Labute approximate surface area is 133 Å². The Balaban J connectivity index is 1.96. The maximum atomic E-state index is 12.9. The van der Waals surface area contributed by atoms with Gasteiger partial charge in [0.05, 0.1) is 11.4 Å². The second kappa shape index (κ2) is 6.98. The van der Waals surface area contributed by atoms with Crippen LogP contribution in [0.15, 0.2) is 70.9 Å². The molecule has 4 nitrogen and oxygen atoms in total. The molecule has 0 fully saturated rings. The van der Waals surface area contributed by atoms with E-state index in [0.29, 0.717) is 18.8 Å². The lowest BCUT2D eigenvalue weighted by atomic mass is 10.1. The van der Waals surface area contributed by atoms with Crippen LogP contribution in [0.25, 0.3) is 10.8 Å². The van der Waals surface area contributed by atoms with Crippen molar-refractivity contribution in [2.24, 2.45) is 16.0 Å². The van der Waals surface area contributed by atoms with E-state index >= 15 is 0 Å². The average molecular weight is 308 g/mol. The molecule has 23 heavy (non-hydrogen) atoms. The smallest absolute Gasteiger partial charge is 0.123 e. The van der Waals surface area contributed by atoms with Crippen LogP contribution < -0.4 is 11.1 Å². The van der Waals surface area contributed by atoms with Crippen molar-refractivity contribution < 1.29 is 4.39 Å². The molecule has 0 bridgehead atoms. The molecule has 3 rings (SSSR count). The van der Waals surface area contributed by atoms with E-state index in [1.54, 1.807) is 12.1 Å². The number of rotatable bonds is 5. The van der Waals surface area contributed by atoms with Gasteiger partial charge in [-0.05, 0) is 36.4 Å². The average Bonchev–Trinajstić information content (AvgIpc) is 2.60. The Morgan fingerprint density at radius 3 is 2.35 bits per heavy atom. The fraction of sp³-hybridized carbons (Fsp3) is 0.111. The van der Waals surface area contributed by atoms with Gasteiger partial charge in [-0.15, -0.1) is 5.11 Å². The standard InChI is InChI=1S/C18H17FN4/c19-13-5-7-14(8-6-13)22-23-18-10-9-17(21-12-11-20)15-3-1-2-4-16(15)18/h1-10,21H,11-12,20H2. The van der Waals surface area contributed by atoms with Crippen LogP contribution in [0, 0.1) is 5.82 Å². The van der Waals surface area contributed by atoms with Crippen molar-refractivity contribution >= 4 is 27.8 Å². The lowest BCUT2D eigenvalue weighted by molar-refractivity contribution is 0.628. The van der Waals surface area contributed by atoms with E-state index in [2.05, 4.69) is 15.5 Å². The summed E-state index contributed by atoms with van der Waals surface area (Å²) in [7, 11) is 0. The minimum atomic E-state index is -0.287. The van der Waals surface area contributed by atoms with E-state index in [0.717, 1.165) is 22.1 Å². The number of halogens is 1. The van der Waals surface area contributed by atoms with Gasteiger partial charge in [-0.1, -0.05) is 24.3 Å². The molecule has 0 radical (unpaired) electrons. The van der Waals surface area contributed by atoms with Gasteiger partial charge in [0, 0.05) is 29.5 Å². The number of azo groups is 1. The predicted molar refractivity (Wildman–Crippen MR) is 92.1 cm³/mol. The molecule has 0 atom stereocenters. The molecule has 116 valence electrons. The summed E-state index contributed by atoms with van der Waals surface area (Å²) in [6, 6.07) is 17.8. The number of fused-ring (bicyclic) bond motifs is 1. The summed E-state index contributed by atoms with van der Waals surface area (Å²) in [5.41, 5.74) is 7.95. The fourth-order valence-electron chi connectivity index (χ4n) is 2.35. The lowest BCUT2D eigenvalue weighted by Crippen LogP contribution is -2.13. The molecule has 0 amide bonds. The third-order valence-corrected chi connectivity index (χ3v) is 3.46. The summed E-state index contributed by atoms with van der Waals surface area (Å²) in [5, 5.41) is 13.9. The third kappa shape index (κ3) is 3.52. The molecule has 3 aromatic rings. The summed E-state index contributed by atoms with van der Waals surface area (Å²) < 4.78 is 12.9. The topological polar surface area (TPSA) is 62.8 Å².